The number of aliphatic imine (C=N–C) groups is 1. The maximum absolute atomic E-state index is 10.7. The van der Waals surface area contributed by atoms with Crippen LogP contribution in [-0.4, -0.2) is 34.7 Å². The molecule has 5 rings (SSSR count). The second kappa shape index (κ2) is 12.3. The number of allylic oxidation sites excluding steroid dienone is 1. The van der Waals surface area contributed by atoms with Gasteiger partial charge in [0.1, 0.15) is 5.75 Å². The van der Waals surface area contributed by atoms with Gasteiger partial charge in [-0.1, -0.05) is 72.3 Å². The summed E-state index contributed by atoms with van der Waals surface area (Å²) in [5, 5.41) is 12.5. The van der Waals surface area contributed by atoms with Crippen LogP contribution >= 0.6 is 23.4 Å². The third-order valence-electron chi connectivity index (χ3n) is 6.67. The van der Waals surface area contributed by atoms with E-state index in [-0.39, 0.29) is 12.2 Å². The molecule has 1 N–H and O–H groups in total. The lowest BCUT2D eigenvalue weighted by Crippen LogP contribution is -2.33. The zero-order chi connectivity index (χ0) is 25.6. The Labute approximate surface area is 228 Å². The summed E-state index contributed by atoms with van der Waals surface area (Å²) in [7, 11) is 0. The summed E-state index contributed by atoms with van der Waals surface area (Å²) in [5.74, 6) is 1.64. The lowest BCUT2D eigenvalue weighted by atomic mass is 9.94. The molecule has 4 nitrogen and oxygen atoms in total. The summed E-state index contributed by atoms with van der Waals surface area (Å²) in [4.78, 5) is 4.82. The third kappa shape index (κ3) is 6.85. The Bertz CT molecular complexity index is 1260. The lowest BCUT2D eigenvalue weighted by molar-refractivity contribution is -0.0874. The van der Waals surface area contributed by atoms with E-state index in [0.29, 0.717) is 19.4 Å². The largest absolute Gasteiger partial charge is 0.494 e. The number of hydrogen-bond acceptors (Lipinski definition) is 5. The van der Waals surface area contributed by atoms with Crippen LogP contribution in [-0.2, 0) is 11.2 Å². The SMILES string of the molecule is CCOc1ccc(Cc2cc(C3CC(O)CC(CSC4=NC(c5ccccc5)=CC4)O3)ccc2Cl)cc1. The van der Waals surface area contributed by atoms with Crippen LogP contribution in [0.15, 0.2) is 83.9 Å². The van der Waals surface area contributed by atoms with Crippen molar-refractivity contribution in [2.45, 2.75) is 50.9 Å². The van der Waals surface area contributed by atoms with Crippen molar-refractivity contribution in [3.63, 3.8) is 0 Å². The van der Waals surface area contributed by atoms with Gasteiger partial charge < -0.3 is 14.6 Å². The molecule has 3 atom stereocenters. The molecule has 0 aliphatic carbocycles. The summed E-state index contributed by atoms with van der Waals surface area (Å²) in [6.07, 6.45) is 4.40. The van der Waals surface area contributed by atoms with Gasteiger partial charge in [0.2, 0.25) is 0 Å². The van der Waals surface area contributed by atoms with E-state index >= 15 is 0 Å². The predicted molar refractivity (Wildman–Crippen MR) is 154 cm³/mol. The van der Waals surface area contributed by atoms with Gasteiger partial charge in [-0.3, -0.25) is 0 Å². The normalized spacial score (nSPS) is 21.4. The first-order valence-corrected chi connectivity index (χ1v) is 14.2. The first kappa shape index (κ1) is 26.1. The quantitative estimate of drug-likeness (QED) is 0.326. The van der Waals surface area contributed by atoms with Gasteiger partial charge >= 0.3 is 0 Å². The van der Waals surface area contributed by atoms with Crippen LogP contribution in [0.2, 0.25) is 5.02 Å². The second-order valence-electron chi connectivity index (χ2n) is 9.45. The van der Waals surface area contributed by atoms with Crippen molar-refractivity contribution in [3.05, 3.63) is 106 Å². The minimum absolute atomic E-state index is 0.0348. The molecule has 6 heteroatoms. The Kier molecular flexibility index (Phi) is 8.67. The van der Waals surface area contributed by atoms with Gasteiger partial charge in [0, 0.05) is 30.0 Å². The number of ether oxygens (including phenoxy) is 2. The van der Waals surface area contributed by atoms with Gasteiger partial charge in [0.05, 0.1) is 35.7 Å². The molecule has 2 aliphatic heterocycles. The topological polar surface area (TPSA) is 51.0 Å². The molecule has 0 aromatic heterocycles. The lowest BCUT2D eigenvalue weighted by Gasteiger charge is -2.33. The van der Waals surface area contributed by atoms with Crippen LogP contribution in [0.3, 0.4) is 0 Å². The van der Waals surface area contributed by atoms with Gasteiger partial charge in [0.15, 0.2) is 0 Å². The third-order valence-corrected chi connectivity index (χ3v) is 8.17. The molecule has 0 bridgehead atoms. The summed E-state index contributed by atoms with van der Waals surface area (Å²) in [6.45, 7) is 2.63. The summed E-state index contributed by atoms with van der Waals surface area (Å²) in [5.41, 5.74) is 5.46. The van der Waals surface area contributed by atoms with Gasteiger partial charge in [-0.15, -0.1) is 11.8 Å². The molecule has 0 amide bonds. The van der Waals surface area contributed by atoms with E-state index in [1.807, 2.05) is 49.4 Å². The highest BCUT2D eigenvalue weighted by Gasteiger charge is 2.30. The number of halogens is 1. The van der Waals surface area contributed by atoms with Crippen molar-refractivity contribution in [2.24, 2.45) is 4.99 Å². The van der Waals surface area contributed by atoms with Crippen molar-refractivity contribution in [1.82, 2.24) is 0 Å². The fourth-order valence-electron chi connectivity index (χ4n) is 4.81. The Hall–Kier alpha value is -2.57. The first-order chi connectivity index (χ1) is 18.1. The number of aliphatic hydroxyl groups excluding tert-OH is 1. The molecule has 3 aromatic rings. The van der Waals surface area contributed by atoms with Crippen LogP contribution in [0, 0.1) is 0 Å². The Morgan fingerprint density at radius 3 is 2.65 bits per heavy atom. The molecular weight excluding hydrogens is 502 g/mol. The number of nitrogens with zero attached hydrogens (tertiary/aromatic N) is 1. The average Bonchev–Trinajstić information content (AvgIpc) is 3.39. The van der Waals surface area contributed by atoms with Crippen LogP contribution in [0.5, 0.6) is 5.75 Å². The molecule has 37 heavy (non-hydrogen) atoms. The second-order valence-corrected chi connectivity index (χ2v) is 11.0. The molecular formula is C31H32ClNO3S. The van der Waals surface area contributed by atoms with Crippen LogP contribution in [0.25, 0.3) is 5.70 Å². The monoisotopic (exact) mass is 533 g/mol. The molecule has 0 saturated carbocycles. The Morgan fingerprint density at radius 1 is 1.05 bits per heavy atom. The van der Waals surface area contributed by atoms with E-state index in [1.54, 1.807) is 11.8 Å². The zero-order valence-corrected chi connectivity index (χ0v) is 22.5. The number of aliphatic hydroxyl groups is 1. The highest BCUT2D eigenvalue weighted by molar-refractivity contribution is 8.14. The molecule has 1 saturated heterocycles. The number of benzene rings is 3. The van der Waals surface area contributed by atoms with Crippen LogP contribution in [0.1, 0.15) is 54.5 Å². The molecule has 3 aromatic carbocycles. The maximum atomic E-state index is 10.7. The molecule has 0 spiro atoms. The fourth-order valence-corrected chi connectivity index (χ4v) is 5.96. The fraction of sp³-hybridized carbons (Fsp3) is 0.323. The number of rotatable bonds is 8. The van der Waals surface area contributed by atoms with Gasteiger partial charge in [-0.2, -0.15) is 0 Å². The van der Waals surface area contributed by atoms with E-state index < -0.39 is 6.10 Å². The highest BCUT2D eigenvalue weighted by atomic mass is 35.5. The smallest absolute Gasteiger partial charge is 0.119 e. The van der Waals surface area contributed by atoms with Crippen molar-refractivity contribution in [3.8, 4) is 5.75 Å². The van der Waals surface area contributed by atoms with Gasteiger partial charge in [-0.25, -0.2) is 4.99 Å². The molecule has 3 unspecified atom stereocenters. The summed E-state index contributed by atoms with van der Waals surface area (Å²) in [6, 6.07) is 24.5. The van der Waals surface area contributed by atoms with E-state index in [2.05, 4.69) is 36.4 Å². The molecule has 2 heterocycles. The van der Waals surface area contributed by atoms with E-state index in [4.69, 9.17) is 26.1 Å². The summed E-state index contributed by atoms with van der Waals surface area (Å²) < 4.78 is 12.0. The van der Waals surface area contributed by atoms with Crippen molar-refractivity contribution >= 4 is 34.1 Å². The molecule has 1 fully saturated rings. The molecule has 0 radical (unpaired) electrons. The van der Waals surface area contributed by atoms with Gasteiger partial charge in [0.25, 0.3) is 0 Å². The Balaban J connectivity index is 1.21. The Morgan fingerprint density at radius 2 is 1.86 bits per heavy atom. The van der Waals surface area contributed by atoms with Crippen molar-refractivity contribution in [2.75, 3.05) is 12.4 Å². The van der Waals surface area contributed by atoms with Crippen molar-refractivity contribution in [1.29, 1.82) is 0 Å². The van der Waals surface area contributed by atoms with E-state index in [1.165, 1.54) is 5.56 Å². The zero-order valence-electron chi connectivity index (χ0n) is 21.0. The van der Waals surface area contributed by atoms with E-state index in [9.17, 15) is 5.11 Å². The van der Waals surface area contributed by atoms with Crippen molar-refractivity contribution < 1.29 is 14.6 Å². The minimum atomic E-state index is -0.391. The standard InChI is InChI=1S/C31H32ClNO3S/c1-2-35-26-11-8-21(9-12-26)16-24-17-23(10-13-28(24)32)30-19-25(34)18-27(36-30)20-37-31-15-14-29(33-31)22-6-4-3-5-7-22/h3-14,17,25,27,30,34H,2,15-16,18-20H2,1H3. The molecule has 2 aliphatic rings. The van der Waals surface area contributed by atoms with Crippen LogP contribution < -0.4 is 4.74 Å². The summed E-state index contributed by atoms with van der Waals surface area (Å²) >= 11 is 8.30. The first-order valence-electron chi connectivity index (χ1n) is 12.9. The number of thioether (sulfide) groups is 1. The van der Waals surface area contributed by atoms with Crippen LogP contribution in [0.4, 0.5) is 0 Å². The van der Waals surface area contributed by atoms with Gasteiger partial charge in [-0.05, 0) is 53.8 Å². The average molecular weight is 534 g/mol. The predicted octanol–water partition coefficient (Wildman–Crippen LogP) is 7.49. The van der Waals surface area contributed by atoms with E-state index in [0.717, 1.165) is 56.8 Å². The maximum Gasteiger partial charge on any atom is 0.119 e. The minimum Gasteiger partial charge on any atom is -0.494 e. The molecule has 192 valence electrons. The number of hydrogen-bond donors (Lipinski definition) is 1. The highest BCUT2D eigenvalue weighted by Crippen LogP contribution is 2.36.